The number of hydrogen-bond donors (Lipinski definition) is 1. The highest BCUT2D eigenvalue weighted by atomic mass is 16.5. The van der Waals surface area contributed by atoms with Gasteiger partial charge in [-0.1, -0.05) is 6.08 Å². The van der Waals surface area contributed by atoms with Crippen LogP contribution in [0.4, 0.5) is 0 Å². The number of carbonyl (C=O) groups excluding carboxylic acids is 1. The second-order valence-electron chi connectivity index (χ2n) is 5.47. The van der Waals surface area contributed by atoms with Crippen molar-refractivity contribution in [2.24, 2.45) is 5.92 Å². The van der Waals surface area contributed by atoms with Crippen molar-refractivity contribution in [1.29, 1.82) is 0 Å². The van der Waals surface area contributed by atoms with Crippen LogP contribution in [-0.2, 0) is 17.8 Å². The van der Waals surface area contributed by atoms with Crippen LogP contribution in [0.2, 0.25) is 0 Å². The number of fused-ring (bicyclic) bond motifs is 1. The lowest BCUT2D eigenvalue weighted by Crippen LogP contribution is -2.35. The van der Waals surface area contributed by atoms with Gasteiger partial charge in [-0.25, -0.2) is 0 Å². The summed E-state index contributed by atoms with van der Waals surface area (Å²) >= 11 is 0. The van der Waals surface area contributed by atoms with E-state index in [-0.39, 0.29) is 11.8 Å². The summed E-state index contributed by atoms with van der Waals surface area (Å²) in [5.74, 6) is 0.216. The van der Waals surface area contributed by atoms with Gasteiger partial charge < -0.3 is 14.6 Å². The number of H-pyrrole nitrogens is 1. The van der Waals surface area contributed by atoms with E-state index in [1.54, 1.807) is 24.5 Å². The Morgan fingerprint density at radius 2 is 2.41 bits per heavy atom. The van der Waals surface area contributed by atoms with Crippen LogP contribution in [0.1, 0.15) is 16.2 Å². The van der Waals surface area contributed by atoms with Gasteiger partial charge in [-0.05, 0) is 18.2 Å². The van der Waals surface area contributed by atoms with E-state index in [1.165, 1.54) is 0 Å². The lowest BCUT2D eigenvalue weighted by atomic mass is 10.1. The van der Waals surface area contributed by atoms with E-state index in [2.05, 4.69) is 16.7 Å². The van der Waals surface area contributed by atoms with Gasteiger partial charge in [-0.3, -0.25) is 9.48 Å². The highest BCUT2D eigenvalue weighted by molar-refractivity contribution is 5.92. The van der Waals surface area contributed by atoms with Gasteiger partial charge in [-0.15, -0.1) is 6.58 Å². The number of hydrogen-bond acceptors (Lipinski definition) is 3. The SMILES string of the molecule is C=CCOC[C@H]1CN(C(=O)c2ccc[nH]2)Cc2ccnn2C1. The molecule has 6 nitrogen and oxygen atoms in total. The molecule has 1 aliphatic rings. The number of aromatic nitrogens is 3. The molecule has 1 amide bonds. The molecule has 22 heavy (non-hydrogen) atoms. The Hall–Kier alpha value is -2.34. The molecular formula is C16H20N4O2. The maximum atomic E-state index is 12.6. The van der Waals surface area contributed by atoms with Gasteiger partial charge >= 0.3 is 0 Å². The lowest BCUT2D eigenvalue weighted by molar-refractivity contribution is 0.0632. The van der Waals surface area contributed by atoms with Crippen LogP contribution in [0.3, 0.4) is 0 Å². The second kappa shape index (κ2) is 6.62. The first-order chi connectivity index (χ1) is 10.8. The van der Waals surface area contributed by atoms with E-state index < -0.39 is 0 Å². The third kappa shape index (κ3) is 3.12. The Morgan fingerprint density at radius 3 is 3.18 bits per heavy atom. The molecule has 3 heterocycles. The van der Waals surface area contributed by atoms with Crippen molar-refractivity contribution in [1.82, 2.24) is 19.7 Å². The Morgan fingerprint density at radius 1 is 1.50 bits per heavy atom. The Kier molecular flexibility index (Phi) is 4.39. The fraction of sp³-hybridized carbons (Fsp3) is 0.375. The van der Waals surface area contributed by atoms with Crippen LogP contribution in [0.5, 0.6) is 0 Å². The Balaban J connectivity index is 1.77. The Labute approximate surface area is 129 Å². The zero-order valence-corrected chi connectivity index (χ0v) is 12.4. The molecule has 1 aliphatic heterocycles. The number of rotatable bonds is 5. The molecule has 0 aliphatic carbocycles. The summed E-state index contributed by atoms with van der Waals surface area (Å²) in [4.78, 5) is 17.5. The molecule has 0 fully saturated rings. The largest absolute Gasteiger partial charge is 0.377 e. The minimum absolute atomic E-state index is 0.00775. The minimum atomic E-state index is 0.00775. The molecule has 3 rings (SSSR count). The van der Waals surface area contributed by atoms with Crippen molar-refractivity contribution >= 4 is 5.91 Å². The number of nitrogens with one attached hydrogen (secondary N) is 1. The quantitative estimate of drug-likeness (QED) is 0.675. The van der Waals surface area contributed by atoms with Crippen LogP contribution < -0.4 is 0 Å². The minimum Gasteiger partial charge on any atom is -0.377 e. The topological polar surface area (TPSA) is 63.1 Å². The first kappa shape index (κ1) is 14.6. The summed E-state index contributed by atoms with van der Waals surface area (Å²) in [5, 5.41) is 4.35. The monoisotopic (exact) mass is 300 g/mol. The standard InChI is InChI=1S/C16H20N4O2/c1-2-8-22-12-13-9-19(16(21)15-4-3-6-17-15)11-14-5-7-18-20(14)10-13/h2-7,13,17H,1,8-12H2/t13-/m0/s1. The zero-order chi connectivity index (χ0) is 15.4. The van der Waals surface area contributed by atoms with Crippen LogP contribution in [0.25, 0.3) is 0 Å². The fourth-order valence-corrected chi connectivity index (χ4v) is 2.74. The molecule has 0 radical (unpaired) electrons. The van der Waals surface area contributed by atoms with Crippen molar-refractivity contribution in [2.75, 3.05) is 19.8 Å². The fourth-order valence-electron chi connectivity index (χ4n) is 2.74. The van der Waals surface area contributed by atoms with Gasteiger partial charge in [0.2, 0.25) is 0 Å². The smallest absolute Gasteiger partial charge is 0.270 e. The number of carbonyl (C=O) groups is 1. The molecule has 0 unspecified atom stereocenters. The molecule has 116 valence electrons. The lowest BCUT2D eigenvalue weighted by Gasteiger charge is -2.23. The van der Waals surface area contributed by atoms with Crippen molar-refractivity contribution in [3.63, 3.8) is 0 Å². The molecule has 2 aromatic rings. The molecule has 1 atom stereocenters. The average molecular weight is 300 g/mol. The molecule has 0 aromatic carbocycles. The molecule has 6 heteroatoms. The molecule has 0 saturated heterocycles. The number of amides is 1. The van der Waals surface area contributed by atoms with Gasteiger partial charge in [-0.2, -0.15) is 5.10 Å². The zero-order valence-electron chi connectivity index (χ0n) is 12.4. The average Bonchev–Trinajstić information content (AvgIpc) is 3.16. The van der Waals surface area contributed by atoms with Crippen molar-refractivity contribution in [2.45, 2.75) is 13.1 Å². The summed E-state index contributed by atoms with van der Waals surface area (Å²) in [6.07, 6.45) is 5.28. The van der Waals surface area contributed by atoms with Crippen molar-refractivity contribution < 1.29 is 9.53 Å². The molecular weight excluding hydrogens is 280 g/mol. The molecule has 0 bridgehead atoms. The van der Waals surface area contributed by atoms with Crippen LogP contribution >= 0.6 is 0 Å². The van der Waals surface area contributed by atoms with E-state index in [0.717, 1.165) is 12.2 Å². The molecule has 0 spiro atoms. The number of nitrogens with zero attached hydrogens (tertiary/aromatic N) is 3. The van der Waals surface area contributed by atoms with Crippen molar-refractivity contribution in [3.05, 3.63) is 54.6 Å². The summed E-state index contributed by atoms with van der Waals surface area (Å²) in [6.45, 7) is 6.73. The molecule has 0 saturated carbocycles. The van der Waals surface area contributed by atoms with Crippen LogP contribution in [-0.4, -0.2) is 45.3 Å². The highest BCUT2D eigenvalue weighted by Gasteiger charge is 2.26. The highest BCUT2D eigenvalue weighted by Crippen LogP contribution is 2.18. The van der Waals surface area contributed by atoms with E-state index in [0.29, 0.717) is 32.0 Å². The normalized spacial score (nSPS) is 17.8. The predicted octanol–water partition coefficient (Wildman–Crippen LogP) is 1.69. The van der Waals surface area contributed by atoms with Gasteiger partial charge in [0.1, 0.15) is 5.69 Å². The maximum Gasteiger partial charge on any atom is 0.270 e. The number of aromatic amines is 1. The predicted molar refractivity (Wildman–Crippen MR) is 82.3 cm³/mol. The maximum absolute atomic E-state index is 12.6. The van der Waals surface area contributed by atoms with Gasteiger partial charge in [0.15, 0.2) is 0 Å². The first-order valence-corrected chi connectivity index (χ1v) is 7.40. The number of ether oxygens (including phenoxy) is 1. The van der Waals surface area contributed by atoms with Crippen LogP contribution in [0, 0.1) is 5.92 Å². The van der Waals surface area contributed by atoms with E-state index >= 15 is 0 Å². The Bertz CT molecular complexity index is 632. The van der Waals surface area contributed by atoms with Gasteiger partial charge in [0, 0.05) is 31.4 Å². The van der Waals surface area contributed by atoms with Crippen molar-refractivity contribution in [3.8, 4) is 0 Å². The third-order valence-corrected chi connectivity index (χ3v) is 3.77. The summed E-state index contributed by atoms with van der Waals surface area (Å²) in [7, 11) is 0. The molecule has 1 N–H and O–H groups in total. The summed E-state index contributed by atoms with van der Waals surface area (Å²) in [6, 6.07) is 5.59. The second-order valence-corrected chi connectivity index (χ2v) is 5.47. The van der Waals surface area contributed by atoms with Gasteiger partial charge in [0.25, 0.3) is 5.91 Å². The molecule has 2 aromatic heterocycles. The van der Waals surface area contributed by atoms with E-state index in [9.17, 15) is 4.79 Å². The van der Waals surface area contributed by atoms with Gasteiger partial charge in [0.05, 0.1) is 25.5 Å². The van der Waals surface area contributed by atoms with E-state index in [4.69, 9.17) is 4.74 Å². The summed E-state index contributed by atoms with van der Waals surface area (Å²) in [5.41, 5.74) is 1.66. The van der Waals surface area contributed by atoms with Crippen LogP contribution in [0.15, 0.2) is 43.2 Å². The third-order valence-electron chi connectivity index (χ3n) is 3.77. The van der Waals surface area contributed by atoms with E-state index in [1.807, 2.05) is 21.7 Å². The summed E-state index contributed by atoms with van der Waals surface area (Å²) < 4.78 is 7.55. The first-order valence-electron chi connectivity index (χ1n) is 7.40.